The lowest BCUT2D eigenvalue weighted by molar-refractivity contribution is -0.730. The third-order valence-electron chi connectivity index (χ3n) is 2.46. The summed E-state index contributed by atoms with van der Waals surface area (Å²) in [7, 11) is 0. The predicted octanol–water partition coefficient (Wildman–Crippen LogP) is 2.32. The Hall–Kier alpha value is -2.31. The number of benzene rings is 1. The molecule has 0 aliphatic heterocycles. The molecule has 1 N–H and O–H groups in total. The van der Waals surface area contributed by atoms with Crippen LogP contribution in [0.2, 0.25) is 0 Å². The molecule has 0 saturated carbocycles. The number of hydrogen-bond donors (Lipinski definition) is 1. The number of rotatable bonds is 3. The van der Waals surface area contributed by atoms with E-state index in [-0.39, 0.29) is 17.2 Å². The van der Waals surface area contributed by atoms with Gasteiger partial charge in [0.05, 0.1) is 11.5 Å². The van der Waals surface area contributed by atoms with Crippen molar-refractivity contribution in [2.24, 2.45) is 0 Å². The Morgan fingerprint density at radius 1 is 1.39 bits per heavy atom. The van der Waals surface area contributed by atoms with Gasteiger partial charge in [-0.25, -0.2) is 14.0 Å². The quantitative estimate of drug-likeness (QED) is 0.855. The van der Waals surface area contributed by atoms with Gasteiger partial charge in [0, 0.05) is 0 Å². The molecule has 0 amide bonds. The highest BCUT2D eigenvalue weighted by Crippen LogP contribution is 2.16. The summed E-state index contributed by atoms with van der Waals surface area (Å²) in [6, 6.07) is 3.50. The van der Waals surface area contributed by atoms with E-state index in [1.165, 1.54) is 16.9 Å². The van der Waals surface area contributed by atoms with Crippen molar-refractivity contribution in [2.45, 2.75) is 13.5 Å². The summed E-state index contributed by atoms with van der Waals surface area (Å²) in [4.78, 5) is 10.5. The normalized spacial score (nSPS) is 10.6. The third-order valence-corrected chi connectivity index (χ3v) is 2.46. The van der Waals surface area contributed by atoms with Gasteiger partial charge in [-0.1, -0.05) is 6.07 Å². The van der Waals surface area contributed by atoms with Gasteiger partial charge in [-0.15, -0.1) is 0 Å². The van der Waals surface area contributed by atoms with Crippen molar-refractivity contribution in [2.75, 3.05) is 0 Å². The number of aryl methyl sites for hydroxylation is 1. The molecule has 0 unspecified atom stereocenters. The molecule has 1 aromatic carbocycles. The van der Waals surface area contributed by atoms with E-state index in [1.807, 2.05) is 0 Å². The molecule has 2 rings (SSSR count). The first-order valence-corrected chi connectivity index (χ1v) is 5.11. The maximum Gasteiger partial charge on any atom is 0.356 e. The van der Waals surface area contributed by atoms with Crippen LogP contribution in [0.3, 0.4) is 0 Å². The minimum Gasteiger partial charge on any atom is -0.261 e. The van der Waals surface area contributed by atoms with Gasteiger partial charge in [0.2, 0.25) is 0 Å². The van der Waals surface area contributed by atoms with E-state index >= 15 is 0 Å². The first kappa shape index (κ1) is 12.2. The lowest BCUT2D eigenvalue weighted by Crippen LogP contribution is -2.01. The third kappa shape index (κ3) is 2.34. The Labute approximate surface area is 101 Å². The average molecular weight is 254 g/mol. The number of hydrogen-bond acceptors (Lipinski definition) is 2. The molecule has 0 aliphatic carbocycles. The van der Waals surface area contributed by atoms with Crippen molar-refractivity contribution in [3.63, 3.8) is 0 Å². The molecule has 0 atom stereocenters. The van der Waals surface area contributed by atoms with Crippen molar-refractivity contribution >= 4 is 5.69 Å². The monoisotopic (exact) mass is 254 g/mol. The summed E-state index contributed by atoms with van der Waals surface area (Å²) in [5.74, 6) is -1.86. The Morgan fingerprint density at radius 3 is 2.67 bits per heavy atom. The summed E-state index contributed by atoms with van der Waals surface area (Å²) in [5, 5.41) is 12.8. The van der Waals surface area contributed by atoms with E-state index in [9.17, 15) is 13.7 Å². The van der Waals surface area contributed by atoms with Crippen LogP contribution in [-0.4, -0.2) is 19.9 Å². The molecule has 94 valence electrons. The zero-order valence-electron chi connectivity index (χ0n) is 9.47. The van der Waals surface area contributed by atoms with Gasteiger partial charge in [0.25, 0.3) is 4.92 Å². The molecule has 0 aliphatic rings. The molecule has 1 heterocycles. The number of nitrogens with zero attached hydrogens (tertiary/aromatic N) is 3. The largest absolute Gasteiger partial charge is 0.356 e. The van der Waals surface area contributed by atoms with Crippen molar-refractivity contribution in [3.05, 3.63) is 52.2 Å². The smallest absolute Gasteiger partial charge is 0.261 e. The topological polar surface area (TPSA) is 58.1 Å². The molecule has 18 heavy (non-hydrogen) atoms. The lowest BCUT2D eigenvalue weighted by Gasteiger charge is -2.01. The summed E-state index contributed by atoms with van der Waals surface area (Å²) in [5.41, 5.74) is 0.853. The highest BCUT2D eigenvalue weighted by molar-refractivity contribution is 5.31. The molecule has 0 fully saturated rings. The fraction of sp³-hybridized carbons (Fsp3) is 0.182. The zero-order chi connectivity index (χ0) is 13.3. The van der Waals surface area contributed by atoms with Gasteiger partial charge in [-0.05, 0) is 24.6 Å². The van der Waals surface area contributed by atoms with Crippen LogP contribution in [0.25, 0.3) is 0 Å². The van der Waals surface area contributed by atoms with E-state index in [1.54, 1.807) is 6.92 Å². The molecule has 1 aromatic heterocycles. The van der Waals surface area contributed by atoms with Crippen molar-refractivity contribution in [1.29, 1.82) is 0 Å². The van der Waals surface area contributed by atoms with E-state index < -0.39 is 11.6 Å². The molecule has 0 bridgehead atoms. The SMILES string of the molecule is Cc1nn(Cc2ccc(F)c(F)c2)cc1[N+](=O)O. The second-order valence-corrected chi connectivity index (χ2v) is 3.82. The fourth-order valence-corrected chi connectivity index (χ4v) is 1.60. The van der Waals surface area contributed by atoms with E-state index in [4.69, 9.17) is 5.21 Å². The van der Waals surface area contributed by atoms with Gasteiger partial charge < -0.3 is 0 Å². The zero-order valence-corrected chi connectivity index (χ0v) is 9.47. The Morgan fingerprint density at radius 2 is 2.11 bits per heavy atom. The minimum absolute atomic E-state index is 0.0117. The molecule has 0 saturated heterocycles. The van der Waals surface area contributed by atoms with Crippen LogP contribution in [-0.2, 0) is 6.54 Å². The molecule has 0 spiro atoms. The molecular weight excluding hydrogens is 244 g/mol. The second-order valence-electron chi connectivity index (χ2n) is 3.82. The van der Waals surface area contributed by atoms with Gasteiger partial charge in [-0.2, -0.15) is 5.10 Å². The van der Waals surface area contributed by atoms with E-state index in [2.05, 4.69) is 5.10 Å². The van der Waals surface area contributed by atoms with Crippen molar-refractivity contribution in [1.82, 2.24) is 9.78 Å². The van der Waals surface area contributed by atoms with E-state index in [0.29, 0.717) is 11.3 Å². The van der Waals surface area contributed by atoms with Gasteiger partial charge in [0.15, 0.2) is 11.6 Å². The molecule has 5 nitrogen and oxygen atoms in total. The van der Waals surface area contributed by atoms with Gasteiger partial charge in [-0.3, -0.25) is 4.68 Å². The first-order chi connectivity index (χ1) is 8.47. The molecule has 0 radical (unpaired) electrons. The van der Waals surface area contributed by atoms with Crippen LogP contribution < -0.4 is 0 Å². The Kier molecular flexibility index (Phi) is 3.05. The van der Waals surface area contributed by atoms with Crippen LogP contribution in [0.15, 0.2) is 24.4 Å². The van der Waals surface area contributed by atoms with Gasteiger partial charge in [0.1, 0.15) is 11.9 Å². The highest BCUT2D eigenvalue weighted by atomic mass is 19.2. The minimum atomic E-state index is -0.941. The van der Waals surface area contributed by atoms with Crippen LogP contribution in [0, 0.1) is 23.5 Å². The standard InChI is InChI=1S/C11H10F2N3O2/c1-7-11(16(17)18)6-15(14-7)5-8-2-3-9(12)10(13)4-8/h2-4,6H,5H2,1H3,(H,17,18)/q+1. The molecular formula is C11H10F2N3O2+. The first-order valence-electron chi connectivity index (χ1n) is 5.11. The second kappa shape index (κ2) is 4.52. The van der Waals surface area contributed by atoms with Crippen LogP contribution in [0.1, 0.15) is 11.3 Å². The molecule has 2 aromatic rings. The van der Waals surface area contributed by atoms with Crippen LogP contribution in [0.4, 0.5) is 14.5 Å². The summed E-state index contributed by atoms with van der Waals surface area (Å²) in [6.07, 6.45) is 1.32. The fourth-order valence-electron chi connectivity index (χ4n) is 1.60. The van der Waals surface area contributed by atoms with Gasteiger partial charge >= 0.3 is 5.69 Å². The van der Waals surface area contributed by atoms with Crippen molar-refractivity contribution < 1.29 is 18.9 Å². The van der Waals surface area contributed by atoms with E-state index in [0.717, 1.165) is 12.1 Å². The maximum absolute atomic E-state index is 13.0. The summed E-state index contributed by atoms with van der Waals surface area (Å²) in [6.45, 7) is 1.73. The number of aromatic nitrogens is 2. The van der Waals surface area contributed by atoms with Crippen molar-refractivity contribution in [3.8, 4) is 0 Å². The predicted molar refractivity (Wildman–Crippen MR) is 57.5 cm³/mol. The maximum atomic E-state index is 13.0. The highest BCUT2D eigenvalue weighted by Gasteiger charge is 2.20. The molecule has 7 heteroatoms. The Bertz CT molecular complexity index is 610. The Balaban J connectivity index is 2.26. The van der Waals surface area contributed by atoms with Crippen LogP contribution in [0.5, 0.6) is 0 Å². The van der Waals surface area contributed by atoms with Crippen LogP contribution >= 0.6 is 0 Å². The number of halogens is 2. The average Bonchev–Trinajstić information content (AvgIpc) is 2.65. The summed E-state index contributed by atoms with van der Waals surface area (Å²) < 4.78 is 27.1. The summed E-state index contributed by atoms with van der Waals surface area (Å²) >= 11 is 0. The lowest BCUT2D eigenvalue weighted by atomic mass is 10.2.